The third kappa shape index (κ3) is 4.18. The fourth-order valence-electron chi connectivity index (χ4n) is 3.33. The largest absolute Gasteiger partial charge is 0.358 e. The Bertz CT molecular complexity index is 866. The molecule has 0 saturated carbocycles. The predicted molar refractivity (Wildman–Crippen MR) is 109 cm³/mol. The van der Waals surface area contributed by atoms with Crippen molar-refractivity contribution in [1.82, 2.24) is 14.5 Å². The molecule has 1 atom stereocenters. The van der Waals surface area contributed by atoms with Gasteiger partial charge in [-0.25, -0.2) is 4.98 Å². The number of hydrogen-bond acceptors (Lipinski definition) is 5. The molecule has 0 aliphatic carbocycles. The van der Waals surface area contributed by atoms with E-state index in [-0.39, 0.29) is 24.1 Å². The molecule has 1 unspecified atom stereocenters. The van der Waals surface area contributed by atoms with Crippen LogP contribution in [0.1, 0.15) is 37.3 Å². The number of aromatic nitrogens is 2. The van der Waals surface area contributed by atoms with Gasteiger partial charge in [0, 0.05) is 13.6 Å². The van der Waals surface area contributed by atoms with Crippen LogP contribution in [0.2, 0.25) is 0 Å². The fourth-order valence-corrected chi connectivity index (χ4v) is 3.87. The molecule has 0 bridgehead atoms. The first kappa shape index (κ1) is 19.5. The van der Waals surface area contributed by atoms with Crippen LogP contribution in [0.5, 0.6) is 0 Å². The molecular formula is C20H26N4O2S. The van der Waals surface area contributed by atoms with Crippen molar-refractivity contribution in [3.05, 3.63) is 51.8 Å². The van der Waals surface area contributed by atoms with Crippen molar-refractivity contribution in [3.8, 4) is 0 Å². The topological polar surface area (TPSA) is 67.2 Å². The molecule has 0 spiro atoms. The fraction of sp³-hybridized carbons (Fsp3) is 0.450. The van der Waals surface area contributed by atoms with Crippen LogP contribution in [0.4, 0.5) is 5.82 Å². The van der Waals surface area contributed by atoms with Gasteiger partial charge in [0.1, 0.15) is 11.9 Å². The molecule has 7 heteroatoms. The standard InChI is InChI=1S/C20H26N4O2S/c1-4-5-11-16-19(26)24(12-14-9-7-6-8-10-14)13-15-17(21-16)22-20(27-3)23(2)18(15)25/h6-10,16,21H,4-5,11-13H2,1-3H3. The number of carbonyl (C=O) groups is 1. The van der Waals surface area contributed by atoms with E-state index in [1.807, 2.05) is 36.6 Å². The highest BCUT2D eigenvalue weighted by Gasteiger charge is 2.31. The number of fused-ring (bicyclic) bond motifs is 1. The third-order valence-corrected chi connectivity index (χ3v) is 5.59. The highest BCUT2D eigenvalue weighted by molar-refractivity contribution is 7.98. The smallest absolute Gasteiger partial charge is 0.261 e. The summed E-state index contributed by atoms with van der Waals surface area (Å²) in [6, 6.07) is 9.52. The Morgan fingerprint density at radius 2 is 2.00 bits per heavy atom. The van der Waals surface area contributed by atoms with Crippen LogP contribution >= 0.6 is 11.8 Å². The minimum absolute atomic E-state index is 0.0260. The molecule has 1 N–H and O–H groups in total. The summed E-state index contributed by atoms with van der Waals surface area (Å²) in [5.41, 5.74) is 1.51. The first-order valence-corrected chi connectivity index (χ1v) is 10.5. The van der Waals surface area contributed by atoms with Crippen molar-refractivity contribution in [1.29, 1.82) is 0 Å². The van der Waals surface area contributed by atoms with E-state index in [0.717, 1.165) is 24.8 Å². The van der Waals surface area contributed by atoms with Crippen LogP contribution in [0.25, 0.3) is 0 Å². The number of nitrogens with zero attached hydrogens (tertiary/aromatic N) is 3. The normalized spacial score (nSPS) is 16.6. The molecule has 0 fully saturated rings. The molecule has 1 aromatic carbocycles. The molecule has 0 radical (unpaired) electrons. The van der Waals surface area contributed by atoms with Gasteiger partial charge in [-0.2, -0.15) is 0 Å². The van der Waals surface area contributed by atoms with Crippen LogP contribution in [0.15, 0.2) is 40.3 Å². The number of unbranched alkanes of at least 4 members (excludes halogenated alkanes) is 1. The van der Waals surface area contributed by atoms with Gasteiger partial charge in [0.25, 0.3) is 5.56 Å². The van der Waals surface area contributed by atoms with Gasteiger partial charge >= 0.3 is 0 Å². The van der Waals surface area contributed by atoms with E-state index in [1.54, 1.807) is 16.5 Å². The minimum atomic E-state index is -0.357. The van der Waals surface area contributed by atoms with Crippen LogP contribution in [0, 0.1) is 0 Å². The van der Waals surface area contributed by atoms with Gasteiger partial charge in [0.2, 0.25) is 5.91 Å². The maximum Gasteiger partial charge on any atom is 0.261 e. The Kier molecular flexibility index (Phi) is 6.21. The van der Waals surface area contributed by atoms with Crippen LogP contribution < -0.4 is 10.9 Å². The van der Waals surface area contributed by atoms with Gasteiger partial charge in [0.05, 0.1) is 12.1 Å². The maximum atomic E-state index is 13.2. The van der Waals surface area contributed by atoms with E-state index in [9.17, 15) is 9.59 Å². The molecule has 0 saturated heterocycles. The molecule has 1 aliphatic rings. The quantitative estimate of drug-likeness (QED) is 0.611. The molecule has 2 aromatic rings. The zero-order chi connectivity index (χ0) is 19.4. The van der Waals surface area contributed by atoms with E-state index >= 15 is 0 Å². The lowest BCUT2D eigenvalue weighted by molar-refractivity contribution is -0.133. The SMILES string of the molecule is CCCCC1Nc2nc(SC)n(C)c(=O)c2CN(Cc2ccccc2)C1=O. The van der Waals surface area contributed by atoms with E-state index in [1.165, 1.54) is 11.8 Å². The van der Waals surface area contributed by atoms with Crippen LogP contribution in [-0.4, -0.2) is 32.7 Å². The van der Waals surface area contributed by atoms with Gasteiger partial charge < -0.3 is 10.2 Å². The molecule has 3 rings (SSSR count). The summed E-state index contributed by atoms with van der Waals surface area (Å²) in [5.74, 6) is 0.575. The minimum Gasteiger partial charge on any atom is -0.358 e. The molecule has 2 heterocycles. The summed E-state index contributed by atoms with van der Waals surface area (Å²) in [4.78, 5) is 32.5. The summed E-state index contributed by atoms with van der Waals surface area (Å²) < 4.78 is 1.56. The van der Waals surface area contributed by atoms with Crippen molar-refractivity contribution >= 4 is 23.5 Å². The number of anilines is 1. The van der Waals surface area contributed by atoms with E-state index in [2.05, 4.69) is 17.2 Å². The molecule has 27 heavy (non-hydrogen) atoms. The highest BCUT2D eigenvalue weighted by Crippen LogP contribution is 2.24. The van der Waals surface area contributed by atoms with Crippen molar-refractivity contribution < 1.29 is 4.79 Å². The number of amides is 1. The summed E-state index contributed by atoms with van der Waals surface area (Å²) in [6.45, 7) is 2.86. The van der Waals surface area contributed by atoms with Crippen molar-refractivity contribution in [2.75, 3.05) is 11.6 Å². The Balaban J connectivity index is 2.01. The third-order valence-electron chi connectivity index (χ3n) is 4.86. The van der Waals surface area contributed by atoms with Gasteiger partial charge in [-0.15, -0.1) is 0 Å². The molecular weight excluding hydrogens is 360 g/mol. The van der Waals surface area contributed by atoms with Crippen LogP contribution in [0.3, 0.4) is 0 Å². The van der Waals surface area contributed by atoms with Crippen molar-refractivity contribution in [2.24, 2.45) is 7.05 Å². The first-order valence-electron chi connectivity index (χ1n) is 9.28. The van der Waals surface area contributed by atoms with E-state index in [4.69, 9.17) is 0 Å². The second-order valence-electron chi connectivity index (χ2n) is 6.81. The summed E-state index contributed by atoms with van der Waals surface area (Å²) >= 11 is 1.43. The molecule has 1 aromatic heterocycles. The summed E-state index contributed by atoms with van der Waals surface area (Å²) in [5, 5.41) is 3.92. The Labute approximate surface area is 164 Å². The van der Waals surface area contributed by atoms with Gasteiger partial charge in [-0.1, -0.05) is 61.9 Å². The second-order valence-corrected chi connectivity index (χ2v) is 7.58. The number of hydrogen-bond donors (Lipinski definition) is 1. The highest BCUT2D eigenvalue weighted by atomic mass is 32.2. The average Bonchev–Trinajstić information content (AvgIpc) is 2.81. The zero-order valence-electron chi connectivity index (χ0n) is 16.1. The van der Waals surface area contributed by atoms with Gasteiger partial charge in [-0.05, 0) is 18.2 Å². The maximum absolute atomic E-state index is 13.2. The Morgan fingerprint density at radius 3 is 2.67 bits per heavy atom. The number of carbonyl (C=O) groups excluding carboxylic acids is 1. The van der Waals surface area contributed by atoms with E-state index in [0.29, 0.717) is 23.1 Å². The predicted octanol–water partition coefficient (Wildman–Crippen LogP) is 3.02. The molecule has 144 valence electrons. The van der Waals surface area contributed by atoms with E-state index < -0.39 is 0 Å². The second kappa shape index (κ2) is 8.61. The number of nitrogens with one attached hydrogen (secondary N) is 1. The lowest BCUT2D eigenvalue weighted by Crippen LogP contribution is -2.40. The lowest BCUT2D eigenvalue weighted by Gasteiger charge is -2.24. The monoisotopic (exact) mass is 386 g/mol. The number of benzene rings is 1. The van der Waals surface area contributed by atoms with Gasteiger partial charge in [-0.3, -0.25) is 14.2 Å². The number of rotatable bonds is 6. The van der Waals surface area contributed by atoms with Gasteiger partial charge in [0.15, 0.2) is 5.16 Å². The lowest BCUT2D eigenvalue weighted by atomic mass is 10.1. The molecule has 6 nitrogen and oxygen atoms in total. The van der Waals surface area contributed by atoms with Crippen molar-refractivity contribution in [2.45, 2.75) is 50.5 Å². The molecule has 1 amide bonds. The van der Waals surface area contributed by atoms with Crippen molar-refractivity contribution in [3.63, 3.8) is 0 Å². The zero-order valence-corrected chi connectivity index (χ0v) is 16.9. The Hall–Kier alpha value is -2.28. The molecule has 1 aliphatic heterocycles. The van der Waals surface area contributed by atoms with Crippen LogP contribution in [-0.2, 0) is 24.9 Å². The average molecular weight is 387 g/mol. The summed E-state index contributed by atoms with van der Waals surface area (Å²) in [7, 11) is 1.73. The first-order chi connectivity index (χ1) is 13.0. The summed E-state index contributed by atoms with van der Waals surface area (Å²) in [6.07, 6.45) is 4.58. The Morgan fingerprint density at radius 1 is 1.26 bits per heavy atom. The number of thioether (sulfide) groups is 1.